The van der Waals surface area contributed by atoms with Crippen molar-refractivity contribution in [3.63, 3.8) is 0 Å². The van der Waals surface area contributed by atoms with Crippen LogP contribution in [0.5, 0.6) is 5.75 Å². The van der Waals surface area contributed by atoms with Crippen molar-refractivity contribution in [1.82, 2.24) is 5.32 Å². The van der Waals surface area contributed by atoms with E-state index in [1.807, 2.05) is 14.0 Å². The molecule has 1 aliphatic carbocycles. The molecule has 0 spiro atoms. The van der Waals surface area contributed by atoms with Gasteiger partial charge in [-0.2, -0.15) is 0 Å². The molecule has 19 heavy (non-hydrogen) atoms. The van der Waals surface area contributed by atoms with Gasteiger partial charge in [-0.05, 0) is 44.9 Å². The molecule has 3 heteroatoms. The fourth-order valence-corrected chi connectivity index (χ4v) is 2.79. The van der Waals surface area contributed by atoms with Crippen molar-refractivity contribution < 1.29 is 9.13 Å². The third kappa shape index (κ3) is 3.93. The summed E-state index contributed by atoms with van der Waals surface area (Å²) in [6.07, 6.45) is 7.34. The van der Waals surface area contributed by atoms with Gasteiger partial charge in [0, 0.05) is 12.1 Å². The Balaban J connectivity index is 2.10. The molecule has 0 amide bonds. The standard InChI is InChI=1S/C16H24FNO/c1-12-9-10-13(17)11-16(12)19-15-8-6-4-3-5-7-14(15)18-2/h9-11,14-15,18H,3-8H2,1-2H3. The molecule has 0 bridgehead atoms. The van der Waals surface area contributed by atoms with E-state index in [4.69, 9.17) is 4.74 Å². The lowest BCUT2D eigenvalue weighted by Gasteiger charge is -2.30. The third-order valence-corrected chi connectivity index (χ3v) is 4.00. The summed E-state index contributed by atoms with van der Waals surface area (Å²) >= 11 is 0. The van der Waals surface area contributed by atoms with Gasteiger partial charge in [-0.1, -0.05) is 25.3 Å². The topological polar surface area (TPSA) is 21.3 Å². The van der Waals surface area contributed by atoms with Crippen molar-refractivity contribution in [2.24, 2.45) is 0 Å². The second-order valence-electron chi connectivity index (χ2n) is 5.45. The van der Waals surface area contributed by atoms with E-state index in [-0.39, 0.29) is 11.9 Å². The van der Waals surface area contributed by atoms with E-state index in [2.05, 4.69) is 5.32 Å². The highest BCUT2D eigenvalue weighted by atomic mass is 19.1. The summed E-state index contributed by atoms with van der Waals surface area (Å²) in [5, 5.41) is 3.36. The minimum atomic E-state index is -0.229. The van der Waals surface area contributed by atoms with Crippen LogP contribution < -0.4 is 10.1 Å². The molecule has 2 unspecified atom stereocenters. The van der Waals surface area contributed by atoms with E-state index in [1.165, 1.54) is 37.8 Å². The molecule has 1 aromatic rings. The molecule has 2 rings (SSSR count). The van der Waals surface area contributed by atoms with Gasteiger partial charge in [-0.15, -0.1) is 0 Å². The summed E-state index contributed by atoms with van der Waals surface area (Å²) in [7, 11) is 1.99. The molecule has 1 aromatic carbocycles. The Morgan fingerprint density at radius 1 is 1.16 bits per heavy atom. The maximum Gasteiger partial charge on any atom is 0.126 e. The SMILES string of the molecule is CNC1CCCCCCC1Oc1cc(F)ccc1C. The molecule has 2 nitrogen and oxygen atoms in total. The van der Waals surface area contributed by atoms with Crippen LogP contribution in [0.1, 0.15) is 44.1 Å². The first-order chi connectivity index (χ1) is 9.20. The largest absolute Gasteiger partial charge is 0.488 e. The van der Waals surface area contributed by atoms with Crippen LogP contribution >= 0.6 is 0 Å². The van der Waals surface area contributed by atoms with Crippen molar-refractivity contribution in [2.75, 3.05) is 7.05 Å². The fraction of sp³-hybridized carbons (Fsp3) is 0.625. The van der Waals surface area contributed by atoms with Crippen LogP contribution in [0.2, 0.25) is 0 Å². The van der Waals surface area contributed by atoms with Gasteiger partial charge in [-0.25, -0.2) is 4.39 Å². The predicted molar refractivity (Wildman–Crippen MR) is 76.1 cm³/mol. The zero-order valence-corrected chi connectivity index (χ0v) is 11.9. The number of ether oxygens (including phenoxy) is 1. The van der Waals surface area contributed by atoms with E-state index < -0.39 is 0 Å². The van der Waals surface area contributed by atoms with Crippen molar-refractivity contribution in [1.29, 1.82) is 0 Å². The Labute approximate surface area is 115 Å². The van der Waals surface area contributed by atoms with E-state index in [0.29, 0.717) is 11.8 Å². The lowest BCUT2D eigenvalue weighted by Crippen LogP contribution is -2.42. The minimum Gasteiger partial charge on any atom is -0.488 e. The second-order valence-corrected chi connectivity index (χ2v) is 5.45. The number of halogens is 1. The number of hydrogen-bond donors (Lipinski definition) is 1. The first-order valence-electron chi connectivity index (χ1n) is 7.31. The van der Waals surface area contributed by atoms with E-state index in [9.17, 15) is 4.39 Å². The molecular formula is C16H24FNO. The van der Waals surface area contributed by atoms with Gasteiger partial charge in [-0.3, -0.25) is 0 Å². The summed E-state index contributed by atoms with van der Waals surface area (Å²) in [5.41, 5.74) is 0.998. The van der Waals surface area contributed by atoms with Gasteiger partial charge < -0.3 is 10.1 Å². The van der Waals surface area contributed by atoms with Crippen LogP contribution in [0.3, 0.4) is 0 Å². The van der Waals surface area contributed by atoms with Gasteiger partial charge in [0.2, 0.25) is 0 Å². The number of aryl methyl sites for hydroxylation is 1. The second kappa shape index (κ2) is 6.90. The van der Waals surface area contributed by atoms with E-state index in [1.54, 1.807) is 6.07 Å². The summed E-state index contributed by atoms with van der Waals surface area (Å²) < 4.78 is 19.4. The molecule has 2 atom stereocenters. The van der Waals surface area contributed by atoms with Gasteiger partial charge in [0.25, 0.3) is 0 Å². The third-order valence-electron chi connectivity index (χ3n) is 4.00. The number of nitrogens with one attached hydrogen (secondary N) is 1. The molecule has 1 aliphatic rings. The molecule has 1 fully saturated rings. The van der Waals surface area contributed by atoms with Crippen LogP contribution in [0, 0.1) is 12.7 Å². The average molecular weight is 265 g/mol. The molecule has 0 aromatic heterocycles. The van der Waals surface area contributed by atoms with Crippen LogP contribution in [0.4, 0.5) is 4.39 Å². The molecule has 1 N–H and O–H groups in total. The molecule has 0 radical (unpaired) electrons. The van der Waals surface area contributed by atoms with Crippen molar-refractivity contribution in [3.05, 3.63) is 29.6 Å². The lowest BCUT2D eigenvalue weighted by molar-refractivity contribution is 0.130. The molecule has 106 valence electrons. The Morgan fingerprint density at radius 3 is 2.63 bits per heavy atom. The Bertz CT molecular complexity index is 408. The monoisotopic (exact) mass is 265 g/mol. The summed E-state index contributed by atoms with van der Waals surface area (Å²) in [6, 6.07) is 5.13. The molecule has 0 heterocycles. The number of hydrogen-bond acceptors (Lipinski definition) is 2. The van der Waals surface area contributed by atoms with Crippen molar-refractivity contribution in [2.45, 2.75) is 57.6 Å². The Hall–Kier alpha value is -1.09. The summed E-state index contributed by atoms with van der Waals surface area (Å²) in [4.78, 5) is 0. The normalized spacial score (nSPS) is 24.6. The first kappa shape index (κ1) is 14.3. The molecular weight excluding hydrogens is 241 g/mol. The van der Waals surface area contributed by atoms with Gasteiger partial charge in [0.15, 0.2) is 0 Å². The van der Waals surface area contributed by atoms with Crippen LogP contribution in [0.15, 0.2) is 18.2 Å². The highest BCUT2D eigenvalue weighted by Crippen LogP contribution is 2.25. The quantitative estimate of drug-likeness (QED) is 0.897. The highest BCUT2D eigenvalue weighted by molar-refractivity contribution is 5.33. The Morgan fingerprint density at radius 2 is 1.89 bits per heavy atom. The first-order valence-corrected chi connectivity index (χ1v) is 7.31. The predicted octanol–water partition coefficient (Wildman–Crippen LogP) is 3.82. The zero-order valence-electron chi connectivity index (χ0n) is 11.9. The summed E-state index contributed by atoms with van der Waals surface area (Å²) in [6.45, 7) is 1.96. The highest BCUT2D eigenvalue weighted by Gasteiger charge is 2.23. The smallest absolute Gasteiger partial charge is 0.126 e. The maximum atomic E-state index is 13.3. The van der Waals surface area contributed by atoms with Crippen LogP contribution in [-0.4, -0.2) is 19.2 Å². The lowest BCUT2D eigenvalue weighted by atomic mass is 9.94. The van der Waals surface area contributed by atoms with Crippen LogP contribution in [0.25, 0.3) is 0 Å². The molecule has 1 saturated carbocycles. The van der Waals surface area contributed by atoms with Crippen molar-refractivity contribution >= 4 is 0 Å². The minimum absolute atomic E-state index is 0.144. The van der Waals surface area contributed by atoms with Gasteiger partial charge >= 0.3 is 0 Å². The molecule has 0 aliphatic heterocycles. The van der Waals surface area contributed by atoms with Crippen LogP contribution in [-0.2, 0) is 0 Å². The zero-order chi connectivity index (χ0) is 13.7. The number of likely N-dealkylation sites (N-methyl/N-ethyl adjacent to an activating group) is 1. The average Bonchev–Trinajstić information content (AvgIpc) is 2.37. The van der Waals surface area contributed by atoms with Crippen molar-refractivity contribution in [3.8, 4) is 5.75 Å². The number of rotatable bonds is 3. The number of benzene rings is 1. The van der Waals surface area contributed by atoms with E-state index >= 15 is 0 Å². The van der Waals surface area contributed by atoms with E-state index in [0.717, 1.165) is 18.4 Å². The Kier molecular flexibility index (Phi) is 5.20. The molecule has 0 saturated heterocycles. The fourth-order valence-electron chi connectivity index (χ4n) is 2.79. The summed E-state index contributed by atoms with van der Waals surface area (Å²) in [5.74, 6) is 0.457. The van der Waals surface area contributed by atoms with Gasteiger partial charge in [0.05, 0.1) is 0 Å². The maximum absolute atomic E-state index is 13.3. The van der Waals surface area contributed by atoms with Gasteiger partial charge in [0.1, 0.15) is 17.7 Å².